The minimum absolute atomic E-state index is 0.443. The van der Waals surface area contributed by atoms with E-state index in [1.807, 2.05) is 23.1 Å². The van der Waals surface area contributed by atoms with Gasteiger partial charge in [-0.3, -0.25) is 0 Å². The Morgan fingerprint density at radius 1 is 1.53 bits per heavy atom. The second-order valence-electron chi connectivity index (χ2n) is 4.53. The van der Waals surface area contributed by atoms with Crippen LogP contribution in [0.5, 0.6) is 0 Å². The van der Waals surface area contributed by atoms with Crippen molar-refractivity contribution in [2.24, 2.45) is 5.73 Å². The van der Waals surface area contributed by atoms with Crippen molar-refractivity contribution >= 4 is 43.2 Å². The van der Waals surface area contributed by atoms with E-state index in [2.05, 4.69) is 15.9 Å². The van der Waals surface area contributed by atoms with Gasteiger partial charge in [-0.25, -0.2) is 8.42 Å². The van der Waals surface area contributed by atoms with Crippen LogP contribution < -0.4 is 10.6 Å². The minimum Gasteiger partial charge on any atom is -0.353 e. The lowest BCUT2D eigenvalue weighted by Gasteiger charge is -2.36. The number of rotatable bonds is 3. The van der Waals surface area contributed by atoms with Crippen LogP contribution in [0.3, 0.4) is 0 Å². The number of hydrogen-bond acceptors (Lipinski definition) is 5. The maximum Gasteiger partial charge on any atom is 0.169 e. The highest BCUT2D eigenvalue weighted by atomic mass is 79.9. The van der Waals surface area contributed by atoms with Crippen molar-refractivity contribution in [1.82, 2.24) is 0 Å². The molecule has 1 aromatic rings. The molecule has 106 valence electrons. The van der Waals surface area contributed by atoms with E-state index in [1.54, 1.807) is 11.8 Å². The summed E-state index contributed by atoms with van der Waals surface area (Å²) in [5.41, 5.74) is 7.58. The van der Waals surface area contributed by atoms with Crippen LogP contribution in [0.2, 0.25) is 0 Å². The number of benzene rings is 1. The van der Waals surface area contributed by atoms with E-state index in [0.717, 1.165) is 28.0 Å². The fourth-order valence-corrected chi connectivity index (χ4v) is 5.48. The van der Waals surface area contributed by atoms with Crippen LogP contribution >= 0.6 is 27.7 Å². The number of thioether (sulfide) groups is 1. The Labute approximate surface area is 126 Å². The van der Waals surface area contributed by atoms with Crippen LogP contribution in [-0.4, -0.2) is 38.1 Å². The van der Waals surface area contributed by atoms with Crippen LogP contribution in [0.15, 0.2) is 22.7 Å². The molecule has 1 aliphatic heterocycles. The Bertz CT molecular complexity index is 563. The van der Waals surface area contributed by atoms with E-state index in [0.29, 0.717) is 12.3 Å². The Balaban J connectivity index is 2.35. The van der Waals surface area contributed by atoms with Crippen molar-refractivity contribution in [2.45, 2.75) is 11.9 Å². The van der Waals surface area contributed by atoms with Gasteiger partial charge < -0.3 is 10.6 Å². The maximum atomic E-state index is 11.9. The molecule has 1 aliphatic rings. The Hall–Kier alpha value is -0.240. The summed E-state index contributed by atoms with van der Waals surface area (Å²) in [6.07, 6.45) is 1.31. The summed E-state index contributed by atoms with van der Waals surface area (Å²) in [6, 6.07) is 5.85. The summed E-state index contributed by atoms with van der Waals surface area (Å²) in [5.74, 6) is 1.57. The highest BCUT2D eigenvalue weighted by molar-refractivity contribution is 9.10. The molecule has 1 aromatic carbocycles. The first-order valence-corrected chi connectivity index (χ1v) is 9.85. The normalized spacial score (nSPS) is 20.6. The van der Waals surface area contributed by atoms with Gasteiger partial charge in [-0.05, 0) is 17.7 Å². The van der Waals surface area contributed by atoms with Crippen LogP contribution in [-0.2, 0) is 16.4 Å². The predicted molar refractivity (Wildman–Crippen MR) is 85.3 cm³/mol. The predicted octanol–water partition coefficient (Wildman–Crippen LogP) is 1.83. The quantitative estimate of drug-likeness (QED) is 0.886. The van der Waals surface area contributed by atoms with Crippen molar-refractivity contribution < 1.29 is 8.42 Å². The molecule has 0 aromatic heterocycles. The van der Waals surface area contributed by atoms with Crippen molar-refractivity contribution in [3.05, 3.63) is 28.2 Å². The number of anilines is 1. The van der Waals surface area contributed by atoms with E-state index in [1.165, 1.54) is 6.26 Å². The number of halogens is 1. The Kier molecular flexibility index (Phi) is 4.81. The fourth-order valence-electron chi connectivity index (χ4n) is 2.11. The number of sulfone groups is 1. The molecule has 1 heterocycles. The molecular formula is C12H17BrN2O2S2. The lowest BCUT2D eigenvalue weighted by molar-refractivity contribution is 0.584. The van der Waals surface area contributed by atoms with E-state index >= 15 is 0 Å². The van der Waals surface area contributed by atoms with Gasteiger partial charge in [0.2, 0.25) is 0 Å². The zero-order valence-corrected chi connectivity index (χ0v) is 13.9. The Morgan fingerprint density at radius 2 is 2.26 bits per heavy atom. The lowest BCUT2D eigenvalue weighted by Crippen LogP contribution is -2.47. The summed E-state index contributed by atoms with van der Waals surface area (Å²) in [4.78, 5) is 1.97. The lowest BCUT2D eigenvalue weighted by atomic mass is 10.2. The molecule has 19 heavy (non-hydrogen) atoms. The van der Waals surface area contributed by atoms with Crippen LogP contribution in [0.4, 0.5) is 5.69 Å². The Morgan fingerprint density at radius 3 is 2.84 bits per heavy atom. The highest BCUT2D eigenvalue weighted by Gasteiger charge is 2.31. The van der Waals surface area contributed by atoms with Crippen LogP contribution in [0.1, 0.15) is 5.56 Å². The molecule has 2 rings (SSSR count). The second-order valence-corrected chi connectivity index (χ2v) is 8.74. The average Bonchev–Trinajstić information content (AvgIpc) is 2.37. The molecular weight excluding hydrogens is 348 g/mol. The molecule has 0 saturated carbocycles. The van der Waals surface area contributed by atoms with Crippen molar-refractivity contribution in [3.63, 3.8) is 0 Å². The van der Waals surface area contributed by atoms with Crippen molar-refractivity contribution in [3.8, 4) is 0 Å². The molecule has 2 N–H and O–H groups in total. The van der Waals surface area contributed by atoms with E-state index in [9.17, 15) is 8.42 Å². The second kappa shape index (κ2) is 6.03. The molecule has 1 saturated heterocycles. The standard InChI is InChI=1S/C12H17BrN2O2S2/c1-19(16,17)12-8-18-5-4-15(12)10-3-2-9(7-14)11(13)6-10/h2-3,6,12H,4-5,7-8,14H2,1H3. The molecule has 1 unspecified atom stereocenters. The molecule has 1 fully saturated rings. The van der Waals surface area contributed by atoms with E-state index < -0.39 is 15.2 Å². The topological polar surface area (TPSA) is 63.4 Å². The summed E-state index contributed by atoms with van der Waals surface area (Å²) >= 11 is 5.17. The fraction of sp³-hybridized carbons (Fsp3) is 0.500. The molecule has 0 bridgehead atoms. The third kappa shape index (κ3) is 3.45. The SMILES string of the molecule is CS(=O)(=O)C1CSCCN1c1ccc(CN)c(Br)c1. The van der Waals surface area contributed by atoms with Gasteiger partial charge in [-0.1, -0.05) is 22.0 Å². The molecule has 7 heteroatoms. The number of hydrogen-bond donors (Lipinski definition) is 1. The summed E-state index contributed by atoms with van der Waals surface area (Å²) < 4.78 is 24.7. The number of nitrogens with zero attached hydrogens (tertiary/aromatic N) is 1. The first-order chi connectivity index (χ1) is 8.93. The van der Waals surface area contributed by atoms with Gasteiger partial charge >= 0.3 is 0 Å². The molecule has 0 radical (unpaired) electrons. The van der Waals surface area contributed by atoms with Gasteiger partial charge in [-0.15, -0.1) is 0 Å². The number of nitrogens with two attached hydrogens (primary N) is 1. The van der Waals surface area contributed by atoms with Crippen molar-refractivity contribution in [2.75, 3.05) is 29.2 Å². The van der Waals surface area contributed by atoms with Gasteiger partial charge in [0.15, 0.2) is 9.84 Å². The van der Waals surface area contributed by atoms with E-state index in [4.69, 9.17) is 5.73 Å². The van der Waals surface area contributed by atoms with Gasteiger partial charge in [0, 0.05) is 41.0 Å². The average molecular weight is 365 g/mol. The highest BCUT2D eigenvalue weighted by Crippen LogP contribution is 2.30. The van der Waals surface area contributed by atoms with Gasteiger partial charge in [0.25, 0.3) is 0 Å². The largest absolute Gasteiger partial charge is 0.353 e. The molecule has 0 aliphatic carbocycles. The molecule has 1 atom stereocenters. The molecule has 4 nitrogen and oxygen atoms in total. The monoisotopic (exact) mass is 364 g/mol. The zero-order chi connectivity index (χ0) is 14.0. The van der Waals surface area contributed by atoms with Crippen LogP contribution in [0, 0.1) is 0 Å². The summed E-state index contributed by atoms with van der Waals surface area (Å²) in [7, 11) is -3.09. The first kappa shape index (κ1) is 15.2. The zero-order valence-electron chi connectivity index (χ0n) is 10.7. The van der Waals surface area contributed by atoms with E-state index in [-0.39, 0.29) is 0 Å². The third-order valence-corrected chi connectivity index (χ3v) is 6.55. The molecule has 0 spiro atoms. The van der Waals surface area contributed by atoms with Gasteiger partial charge in [-0.2, -0.15) is 11.8 Å². The molecule has 0 amide bonds. The van der Waals surface area contributed by atoms with Crippen LogP contribution in [0.25, 0.3) is 0 Å². The summed E-state index contributed by atoms with van der Waals surface area (Å²) in [5, 5.41) is -0.443. The maximum absolute atomic E-state index is 11.9. The first-order valence-electron chi connectivity index (χ1n) is 5.95. The van der Waals surface area contributed by atoms with Crippen molar-refractivity contribution in [1.29, 1.82) is 0 Å². The summed E-state index contributed by atoms with van der Waals surface area (Å²) in [6.45, 7) is 1.21. The third-order valence-electron chi connectivity index (χ3n) is 3.17. The minimum atomic E-state index is -3.09. The van der Waals surface area contributed by atoms with Gasteiger partial charge in [0.05, 0.1) is 0 Å². The van der Waals surface area contributed by atoms with Gasteiger partial charge in [0.1, 0.15) is 5.37 Å². The smallest absolute Gasteiger partial charge is 0.169 e.